The van der Waals surface area contributed by atoms with E-state index < -0.39 is 0 Å². The van der Waals surface area contributed by atoms with Gasteiger partial charge in [-0.15, -0.1) is 0 Å². The first-order valence-electron chi connectivity index (χ1n) is 5.66. The molecule has 0 aromatic rings. The summed E-state index contributed by atoms with van der Waals surface area (Å²) >= 11 is 0. The van der Waals surface area contributed by atoms with Crippen LogP contribution in [0.2, 0.25) is 0 Å². The van der Waals surface area contributed by atoms with Crippen molar-refractivity contribution in [3.05, 3.63) is 0 Å². The lowest BCUT2D eigenvalue weighted by molar-refractivity contribution is -0.144. The Bertz CT molecular complexity index is 190. The summed E-state index contributed by atoms with van der Waals surface area (Å²) in [5.41, 5.74) is 0. The van der Waals surface area contributed by atoms with Gasteiger partial charge in [0.15, 0.2) is 0 Å². The van der Waals surface area contributed by atoms with E-state index in [2.05, 4.69) is 5.32 Å². The van der Waals surface area contributed by atoms with Gasteiger partial charge >= 0.3 is 5.97 Å². The number of ether oxygens (including phenoxy) is 2. The summed E-state index contributed by atoms with van der Waals surface area (Å²) in [4.78, 5) is 11.1. The summed E-state index contributed by atoms with van der Waals surface area (Å²) in [5.74, 6) is 0.602. The molecular formula is C11H21NO3. The Morgan fingerprint density at radius 3 is 2.73 bits per heavy atom. The third-order valence-electron chi connectivity index (χ3n) is 2.20. The van der Waals surface area contributed by atoms with Crippen molar-refractivity contribution in [2.75, 3.05) is 26.3 Å². The summed E-state index contributed by atoms with van der Waals surface area (Å²) in [6, 6.07) is 0. The molecule has 0 unspecified atom stereocenters. The molecule has 1 aliphatic carbocycles. The Morgan fingerprint density at radius 2 is 2.13 bits per heavy atom. The van der Waals surface area contributed by atoms with E-state index in [0.717, 1.165) is 12.5 Å². The number of hydrogen-bond donors (Lipinski definition) is 1. The van der Waals surface area contributed by atoms with Crippen molar-refractivity contribution < 1.29 is 14.3 Å². The Balaban J connectivity index is 1.84. The van der Waals surface area contributed by atoms with Crippen molar-refractivity contribution in [1.82, 2.24) is 5.32 Å². The molecule has 0 aliphatic heterocycles. The van der Waals surface area contributed by atoms with Crippen LogP contribution in [0.25, 0.3) is 0 Å². The first kappa shape index (κ1) is 12.5. The van der Waals surface area contributed by atoms with Gasteiger partial charge < -0.3 is 14.8 Å². The van der Waals surface area contributed by atoms with Crippen LogP contribution in [0.3, 0.4) is 0 Å². The Labute approximate surface area is 91.3 Å². The molecule has 0 spiro atoms. The van der Waals surface area contributed by atoms with Crippen LogP contribution in [-0.4, -0.2) is 38.4 Å². The third kappa shape index (κ3) is 7.33. The number of carbonyl (C=O) groups is 1. The predicted octanol–water partition coefficient (Wildman–Crippen LogP) is 0.954. The lowest BCUT2D eigenvalue weighted by Gasteiger charge is -2.08. The van der Waals surface area contributed by atoms with Gasteiger partial charge in [0, 0.05) is 0 Å². The van der Waals surface area contributed by atoms with Gasteiger partial charge in [0.05, 0.1) is 19.3 Å². The Kier molecular flexibility index (Phi) is 5.65. The molecule has 0 aromatic heterocycles. The maximum absolute atomic E-state index is 11.1. The third-order valence-corrected chi connectivity index (χ3v) is 2.20. The summed E-state index contributed by atoms with van der Waals surface area (Å²) in [6.07, 6.45) is 2.78. The second-order valence-corrected chi connectivity index (χ2v) is 4.21. The van der Waals surface area contributed by atoms with Crippen LogP contribution in [0, 0.1) is 5.92 Å². The molecule has 1 aliphatic rings. The lowest BCUT2D eigenvalue weighted by atomic mass is 10.4. The van der Waals surface area contributed by atoms with Crippen molar-refractivity contribution in [2.24, 2.45) is 5.92 Å². The van der Waals surface area contributed by atoms with Gasteiger partial charge in [0.25, 0.3) is 0 Å². The second-order valence-electron chi connectivity index (χ2n) is 4.21. The molecule has 0 atom stereocenters. The van der Waals surface area contributed by atoms with Crippen molar-refractivity contribution >= 4 is 5.97 Å². The smallest absolute Gasteiger partial charge is 0.320 e. The minimum atomic E-state index is -0.192. The number of esters is 1. The van der Waals surface area contributed by atoms with Crippen LogP contribution in [0.1, 0.15) is 26.7 Å². The van der Waals surface area contributed by atoms with E-state index in [1.54, 1.807) is 0 Å². The van der Waals surface area contributed by atoms with Gasteiger partial charge in [-0.2, -0.15) is 0 Å². The van der Waals surface area contributed by atoms with E-state index in [0.29, 0.717) is 19.8 Å². The zero-order chi connectivity index (χ0) is 11.1. The van der Waals surface area contributed by atoms with Crippen molar-refractivity contribution in [3.8, 4) is 0 Å². The van der Waals surface area contributed by atoms with Crippen LogP contribution in [0.5, 0.6) is 0 Å². The summed E-state index contributed by atoms with van der Waals surface area (Å²) in [6.45, 7) is 6.00. The molecular weight excluding hydrogens is 194 g/mol. The van der Waals surface area contributed by atoms with Gasteiger partial charge in [-0.25, -0.2) is 0 Å². The number of nitrogens with one attached hydrogen (secondary N) is 1. The fourth-order valence-corrected chi connectivity index (χ4v) is 1.19. The molecule has 1 rings (SSSR count). The van der Waals surface area contributed by atoms with E-state index in [9.17, 15) is 4.79 Å². The number of rotatable bonds is 8. The van der Waals surface area contributed by atoms with E-state index in [1.807, 2.05) is 13.8 Å². The summed E-state index contributed by atoms with van der Waals surface area (Å²) in [7, 11) is 0. The fourth-order valence-electron chi connectivity index (χ4n) is 1.19. The van der Waals surface area contributed by atoms with Crippen LogP contribution < -0.4 is 5.32 Å². The van der Waals surface area contributed by atoms with Gasteiger partial charge in [-0.1, -0.05) is 0 Å². The minimum Gasteiger partial charge on any atom is -0.462 e. The topological polar surface area (TPSA) is 47.6 Å². The maximum Gasteiger partial charge on any atom is 0.320 e. The highest BCUT2D eigenvalue weighted by molar-refractivity contribution is 5.71. The molecule has 15 heavy (non-hydrogen) atoms. The Morgan fingerprint density at radius 1 is 1.40 bits per heavy atom. The lowest BCUT2D eigenvalue weighted by Crippen LogP contribution is -2.27. The predicted molar refractivity (Wildman–Crippen MR) is 57.6 cm³/mol. The molecule has 1 fully saturated rings. The molecule has 0 aromatic carbocycles. The second kappa shape index (κ2) is 6.80. The van der Waals surface area contributed by atoms with E-state index in [-0.39, 0.29) is 12.1 Å². The SMILES string of the molecule is CC(C)OCCOC(=O)CNCC1CC1. The molecule has 1 N–H and O–H groups in total. The maximum atomic E-state index is 11.1. The first-order valence-corrected chi connectivity index (χ1v) is 5.66. The molecule has 88 valence electrons. The van der Waals surface area contributed by atoms with Gasteiger partial charge in [0.1, 0.15) is 6.61 Å². The van der Waals surface area contributed by atoms with E-state index >= 15 is 0 Å². The number of hydrogen-bond acceptors (Lipinski definition) is 4. The number of carbonyl (C=O) groups excluding carboxylic acids is 1. The summed E-state index contributed by atoms with van der Waals surface area (Å²) < 4.78 is 10.2. The Hall–Kier alpha value is -0.610. The molecule has 4 nitrogen and oxygen atoms in total. The standard InChI is InChI=1S/C11H21NO3/c1-9(2)14-5-6-15-11(13)8-12-7-10-3-4-10/h9-10,12H,3-8H2,1-2H3. The minimum absolute atomic E-state index is 0.191. The van der Waals surface area contributed by atoms with Gasteiger partial charge in [-0.3, -0.25) is 4.79 Å². The highest BCUT2D eigenvalue weighted by atomic mass is 16.6. The average Bonchev–Trinajstić information content (AvgIpc) is 2.96. The normalized spacial score (nSPS) is 15.7. The van der Waals surface area contributed by atoms with Crippen LogP contribution in [0.4, 0.5) is 0 Å². The largest absolute Gasteiger partial charge is 0.462 e. The summed E-state index contributed by atoms with van der Waals surface area (Å²) in [5, 5.41) is 3.08. The molecule has 4 heteroatoms. The molecule has 0 amide bonds. The van der Waals surface area contributed by atoms with E-state index in [4.69, 9.17) is 9.47 Å². The van der Waals surface area contributed by atoms with Crippen LogP contribution >= 0.6 is 0 Å². The zero-order valence-electron chi connectivity index (χ0n) is 9.62. The molecule has 0 bridgehead atoms. The quantitative estimate of drug-likeness (QED) is 0.484. The molecule has 0 saturated heterocycles. The molecule has 1 saturated carbocycles. The highest BCUT2D eigenvalue weighted by Gasteiger charge is 2.20. The van der Waals surface area contributed by atoms with Crippen LogP contribution in [-0.2, 0) is 14.3 Å². The monoisotopic (exact) mass is 215 g/mol. The van der Waals surface area contributed by atoms with Crippen molar-refractivity contribution in [3.63, 3.8) is 0 Å². The van der Waals surface area contributed by atoms with E-state index in [1.165, 1.54) is 12.8 Å². The first-order chi connectivity index (χ1) is 7.18. The molecule has 0 heterocycles. The highest BCUT2D eigenvalue weighted by Crippen LogP contribution is 2.27. The van der Waals surface area contributed by atoms with Crippen LogP contribution in [0.15, 0.2) is 0 Å². The zero-order valence-corrected chi connectivity index (χ0v) is 9.62. The average molecular weight is 215 g/mol. The van der Waals surface area contributed by atoms with Crippen molar-refractivity contribution in [1.29, 1.82) is 0 Å². The van der Waals surface area contributed by atoms with Crippen molar-refractivity contribution in [2.45, 2.75) is 32.8 Å². The molecule has 0 radical (unpaired) electrons. The fraction of sp³-hybridized carbons (Fsp3) is 0.909. The van der Waals surface area contributed by atoms with Gasteiger partial charge in [0.2, 0.25) is 0 Å². The van der Waals surface area contributed by atoms with Gasteiger partial charge in [-0.05, 0) is 39.2 Å².